The van der Waals surface area contributed by atoms with Crippen molar-refractivity contribution in [2.75, 3.05) is 6.54 Å². The van der Waals surface area contributed by atoms with Crippen molar-refractivity contribution >= 4 is 5.91 Å². The van der Waals surface area contributed by atoms with Crippen molar-refractivity contribution in [3.8, 4) is 0 Å². The van der Waals surface area contributed by atoms with Crippen LogP contribution in [0.25, 0.3) is 0 Å². The lowest BCUT2D eigenvalue weighted by Gasteiger charge is -2.19. The van der Waals surface area contributed by atoms with E-state index in [1.54, 1.807) is 0 Å². The Morgan fingerprint density at radius 1 is 0.962 bits per heavy atom. The first kappa shape index (κ1) is 16.6. The maximum Gasteiger partial charge on any atom is 0.272 e. The van der Waals surface area contributed by atoms with Crippen LogP contribution in [0.4, 0.5) is 0 Å². The SMILES string of the molecule is O=C(NCC(c1ccccc1)c1ccccc1)c1n[nH]c2c1CCCC2. The quantitative estimate of drug-likeness (QED) is 0.738. The van der Waals surface area contributed by atoms with Crippen LogP contribution in [-0.4, -0.2) is 22.6 Å². The molecule has 0 aliphatic heterocycles. The molecule has 0 atom stereocenters. The fourth-order valence-electron chi connectivity index (χ4n) is 3.75. The van der Waals surface area contributed by atoms with Gasteiger partial charge in [-0.2, -0.15) is 5.10 Å². The molecule has 1 amide bonds. The zero-order valence-corrected chi connectivity index (χ0v) is 14.7. The molecule has 4 heteroatoms. The molecule has 4 nitrogen and oxygen atoms in total. The predicted octanol–water partition coefficient (Wildman–Crippen LogP) is 3.85. The second kappa shape index (κ2) is 7.56. The smallest absolute Gasteiger partial charge is 0.272 e. The molecular formula is C22H23N3O. The number of amides is 1. The Morgan fingerprint density at radius 2 is 1.58 bits per heavy atom. The third-order valence-electron chi connectivity index (χ3n) is 5.14. The van der Waals surface area contributed by atoms with E-state index < -0.39 is 0 Å². The first-order chi connectivity index (χ1) is 12.8. The lowest BCUT2D eigenvalue weighted by molar-refractivity contribution is 0.0946. The molecule has 132 valence electrons. The van der Waals surface area contributed by atoms with Crippen LogP contribution in [0.1, 0.15) is 51.6 Å². The van der Waals surface area contributed by atoms with Crippen LogP contribution < -0.4 is 5.32 Å². The van der Waals surface area contributed by atoms with E-state index in [1.165, 1.54) is 17.5 Å². The van der Waals surface area contributed by atoms with Gasteiger partial charge in [0, 0.05) is 23.7 Å². The molecule has 1 aliphatic rings. The van der Waals surface area contributed by atoms with Gasteiger partial charge in [0.2, 0.25) is 0 Å². The summed E-state index contributed by atoms with van der Waals surface area (Å²) < 4.78 is 0. The van der Waals surface area contributed by atoms with Crippen LogP contribution >= 0.6 is 0 Å². The average Bonchev–Trinajstić information content (AvgIpc) is 3.14. The number of aromatic amines is 1. The molecule has 0 saturated heterocycles. The van der Waals surface area contributed by atoms with Crippen molar-refractivity contribution in [3.05, 3.63) is 88.7 Å². The highest BCUT2D eigenvalue weighted by Gasteiger charge is 2.23. The number of nitrogens with zero attached hydrogens (tertiary/aromatic N) is 1. The summed E-state index contributed by atoms with van der Waals surface area (Å²) in [6.07, 6.45) is 4.23. The van der Waals surface area contributed by atoms with E-state index in [2.05, 4.69) is 39.8 Å². The minimum absolute atomic E-state index is 0.0822. The number of benzene rings is 2. The fourth-order valence-corrected chi connectivity index (χ4v) is 3.75. The van der Waals surface area contributed by atoms with E-state index in [1.807, 2.05) is 36.4 Å². The summed E-state index contributed by atoms with van der Waals surface area (Å²) in [4.78, 5) is 12.8. The number of hydrogen-bond acceptors (Lipinski definition) is 2. The van der Waals surface area contributed by atoms with Crippen LogP contribution in [0, 0.1) is 0 Å². The molecule has 4 rings (SSSR count). The Hall–Kier alpha value is -2.88. The standard InChI is InChI=1S/C22H23N3O/c26-22(21-18-13-7-8-14-20(18)24-25-21)23-15-19(16-9-3-1-4-10-16)17-11-5-2-6-12-17/h1-6,9-12,19H,7-8,13-15H2,(H,23,26)(H,24,25). The molecule has 0 radical (unpaired) electrons. The van der Waals surface area contributed by atoms with Crippen molar-refractivity contribution in [3.63, 3.8) is 0 Å². The fraction of sp³-hybridized carbons (Fsp3) is 0.273. The second-order valence-corrected chi connectivity index (χ2v) is 6.82. The van der Waals surface area contributed by atoms with Gasteiger partial charge in [-0.25, -0.2) is 0 Å². The third kappa shape index (κ3) is 3.40. The molecular weight excluding hydrogens is 322 g/mol. The number of rotatable bonds is 5. The van der Waals surface area contributed by atoms with Gasteiger partial charge >= 0.3 is 0 Å². The van der Waals surface area contributed by atoms with Gasteiger partial charge in [0.25, 0.3) is 5.91 Å². The summed E-state index contributed by atoms with van der Waals surface area (Å²) in [5.74, 6) is 0.0392. The van der Waals surface area contributed by atoms with Gasteiger partial charge in [0.05, 0.1) is 0 Å². The van der Waals surface area contributed by atoms with Gasteiger partial charge in [-0.3, -0.25) is 9.89 Å². The van der Waals surface area contributed by atoms with E-state index in [9.17, 15) is 4.79 Å². The first-order valence-corrected chi connectivity index (χ1v) is 9.27. The number of hydrogen-bond donors (Lipinski definition) is 2. The Balaban J connectivity index is 1.53. The first-order valence-electron chi connectivity index (χ1n) is 9.27. The number of carbonyl (C=O) groups excluding carboxylic acids is 1. The van der Waals surface area contributed by atoms with E-state index in [0.29, 0.717) is 12.2 Å². The van der Waals surface area contributed by atoms with E-state index >= 15 is 0 Å². The van der Waals surface area contributed by atoms with Gasteiger partial charge in [-0.1, -0.05) is 60.7 Å². The number of H-pyrrole nitrogens is 1. The van der Waals surface area contributed by atoms with Gasteiger partial charge in [0.15, 0.2) is 5.69 Å². The van der Waals surface area contributed by atoms with E-state index in [-0.39, 0.29) is 11.8 Å². The third-order valence-corrected chi connectivity index (χ3v) is 5.14. The highest BCUT2D eigenvalue weighted by molar-refractivity contribution is 5.94. The van der Waals surface area contributed by atoms with E-state index in [0.717, 1.165) is 30.5 Å². The monoisotopic (exact) mass is 345 g/mol. The van der Waals surface area contributed by atoms with Crippen molar-refractivity contribution in [2.45, 2.75) is 31.6 Å². The van der Waals surface area contributed by atoms with Gasteiger partial charge in [-0.15, -0.1) is 0 Å². The van der Waals surface area contributed by atoms with Crippen LogP contribution in [0.5, 0.6) is 0 Å². The molecule has 0 fully saturated rings. The molecule has 1 aliphatic carbocycles. The Labute approximate surface area is 153 Å². The van der Waals surface area contributed by atoms with Gasteiger partial charge in [0.1, 0.15) is 0 Å². The molecule has 1 heterocycles. The number of carbonyl (C=O) groups is 1. The summed E-state index contributed by atoms with van der Waals surface area (Å²) in [5, 5.41) is 10.4. The van der Waals surface area contributed by atoms with Crippen molar-refractivity contribution in [1.29, 1.82) is 0 Å². The zero-order valence-electron chi connectivity index (χ0n) is 14.7. The Morgan fingerprint density at radius 3 is 2.23 bits per heavy atom. The van der Waals surface area contributed by atoms with Crippen molar-refractivity contribution in [1.82, 2.24) is 15.5 Å². The van der Waals surface area contributed by atoms with Crippen LogP contribution in [0.3, 0.4) is 0 Å². The Bertz CT molecular complexity index is 831. The molecule has 0 saturated carbocycles. The number of aromatic nitrogens is 2. The minimum Gasteiger partial charge on any atom is -0.350 e. The second-order valence-electron chi connectivity index (χ2n) is 6.82. The molecule has 3 aromatic rings. The molecule has 26 heavy (non-hydrogen) atoms. The van der Waals surface area contributed by atoms with Crippen molar-refractivity contribution < 1.29 is 4.79 Å². The minimum atomic E-state index is -0.0822. The summed E-state index contributed by atoms with van der Waals surface area (Å²) in [7, 11) is 0. The highest BCUT2D eigenvalue weighted by atomic mass is 16.1. The molecule has 2 aromatic carbocycles. The van der Waals surface area contributed by atoms with E-state index in [4.69, 9.17) is 0 Å². The topological polar surface area (TPSA) is 57.8 Å². The largest absolute Gasteiger partial charge is 0.350 e. The molecule has 1 aromatic heterocycles. The molecule has 0 spiro atoms. The number of aryl methyl sites for hydroxylation is 1. The maximum absolute atomic E-state index is 12.8. The Kier molecular flexibility index (Phi) is 4.82. The summed E-state index contributed by atoms with van der Waals surface area (Å²) in [6.45, 7) is 0.550. The number of fused-ring (bicyclic) bond motifs is 1. The average molecular weight is 345 g/mol. The van der Waals surface area contributed by atoms with Crippen LogP contribution in [-0.2, 0) is 12.8 Å². The molecule has 0 bridgehead atoms. The molecule has 0 unspecified atom stereocenters. The maximum atomic E-state index is 12.8. The van der Waals surface area contributed by atoms with Crippen LogP contribution in [0.15, 0.2) is 60.7 Å². The summed E-state index contributed by atoms with van der Waals surface area (Å²) in [5.41, 5.74) is 5.19. The normalized spacial score (nSPS) is 13.4. The van der Waals surface area contributed by atoms with Crippen molar-refractivity contribution in [2.24, 2.45) is 0 Å². The lowest BCUT2D eigenvalue weighted by Crippen LogP contribution is -2.30. The van der Waals surface area contributed by atoms with Gasteiger partial charge < -0.3 is 5.32 Å². The number of nitrogens with one attached hydrogen (secondary N) is 2. The summed E-state index contributed by atoms with van der Waals surface area (Å²) >= 11 is 0. The predicted molar refractivity (Wildman–Crippen MR) is 102 cm³/mol. The summed E-state index contributed by atoms with van der Waals surface area (Å²) in [6, 6.07) is 20.6. The molecule has 2 N–H and O–H groups in total. The lowest BCUT2D eigenvalue weighted by atomic mass is 9.91. The zero-order chi connectivity index (χ0) is 17.8. The van der Waals surface area contributed by atoms with Gasteiger partial charge in [-0.05, 0) is 36.8 Å². The van der Waals surface area contributed by atoms with Crippen LogP contribution in [0.2, 0.25) is 0 Å². The highest BCUT2D eigenvalue weighted by Crippen LogP contribution is 2.25.